The lowest BCUT2D eigenvalue weighted by molar-refractivity contribution is 0.0204. The molecule has 1 fully saturated rings. The van der Waals surface area contributed by atoms with Crippen molar-refractivity contribution in [3.05, 3.63) is 26.6 Å². The van der Waals surface area contributed by atoms with Crippen LogP contribution in [0.5, 0.6) is 0 Å². The zero-order valence-corrected chi connectivity index (χ0v) is 17.4. The molecule has 4 heterocycles. The Kier molecular flexibility index (Phi) is 5.80. The van der Waals surface area contributed by atoms with Crippen LogP contribution < -0.4 is 10.9 Å². The van der Waals surface area contributed by atoms with Crippen LogP contribution in [-0.2, 0) is 17.7 Å². The van der Waals surface area contributed by atoms with Crippen molar-refractivity contribution >= 4 is 27.5 Å². The minimum Gasteiger partial charge on any atom is -0.379 e. The number of aryl methyl sites for hydroxylation is 2. The number of carbonyl (C=O) groups excluding carboxylic acids is 1. The average Bonchev–Trinajstić information content (AvgIpc) is 2.88. The summed E-state index contributed by atoms with van der Waals surface area (Å²) in [6, 6.07) is 0.252. The molecule has 28 heavy (non-hydrogen) atoms. The molecule has 0 radical (unpaired) electrons. The number of hydrogen-bond acceptors (Lipinski definition) is 6. The molecule has 0 bridgehead atoms. The van der Waals surface area contributed by atoms with E-state index < -0.39 is 0 Å². The van der Waals surface area contributed by atoms with Gasteiger partial charge in [0.25, 0.3) is 11.5 Å². The first-order valence-corrected chi connectivity index (χ1v) is 11.0. The van der Waals surface area contributed by atoms with Crippen molar-refractivity contribution in [2.75, 3.05) is 32.8 Å². The Bertz CT molecular complexity index is 930. The Morgan fingerprint density at radius 2 is 2.04 bits per heavy atom. The molecular weight excluding hydrogens is 376 g/mol. The second kappa shape index (κ2) is 8.31. The van der Waals surface area contributed by atoms with Crippen molar-refractivity contribution in [1.82, 2.24) is 19.8 Å². The molecule has 0 aromatic carbocycles. The Morgan fingerprint density at radius 1 is 1.25 bits per heavy atom. The number of morpholine rings is 1. The summed E-state index contributed by atoms with van der Waals surface area (Å²) in [5.74, 6) is 0.754. The predicted molar refractivity (Wildman–Crippen MR) is 110 cm³/mol. The standard InChI is InChI=1S/C20H28N4O3S/c1-13(23-8-10-27-11-9-23)12-21-18(25)17-14(2)16-19(28-17)22-15-6-4-3-5-7-24(15)20(16)26/h13H,3-12H2,1-2H3,(H,21,25). The van der Waals surface area contributed by atoms with Gasteiger partial charge in [-0.05, 0) is 32.3 Å². The van der Waals surface area contributed by atoms with Crippen LogP contribution in [0.4, 0.5) is 0 Å². The van der Waals surface area contributed by atoms with Gasteiger partial charge in [-0.25, -0.2) is 4.98 Å². The number of carbonyl (C=O) groups is 1. The number of rotatable bonds is 4. The number of amides is 1. The van der Waals surface area contributed by atoms with E-state index in [9.17, 15) is 9.59 Å². The highest BCUT2D eigenvalue weighted by Crippen LogP contribution is 2.28. The summed E-state index contributed by atoms with van der Waals surface area (Å²) in [5.41, 5.74) is 0.768. The van der Waals surface area contributed by atoms with Gasteiger partial charge in [0, 0.05) is 38.6 Å². The maximum Gasteiger partial charge on any atom is 0.262 e. The molecule has 2 aliphatic rings. The fraction of sp³-hybridized carbons (Fsp3) is 0.650. The first-order chi connectivity index (χ1) is 13.6. The number of ether oxygens (including phenoxy) is 1. The first-order valence-electron chi connectivity index (χ1n) is 10.2. The minimum absolute atomic E-state index is 0.0105. The average molecular weight is 405 g/mol. The Balaban J connectivity index is 1.55. The summed E-state index contributed by atoms with van der Waals surface area (Å²) in [4.78, 5) is 34.2. The molecule has 152 valence electrons. The van der Waals surface area contributed by atoms with Gasteiger partial charge >= 0.3 is 0 Å². The van der Waals surface area contributed by atoms with Crippen molar-refractivity contribution in [3.63, 3.8) is 0 Å². The van der Waals surface area contributed by atoms with E-state index in [2.05, 4.69) is 17.1 Å². The lowest BCUT2D eigenvalue weighted by Gasteiger charge is -2.32. The summed E-state index contributed by atoms with van der Waals surface area (Å²) in [6.07, 6.45) is 4.04. The van der Waals surface area contributed by atoms with Crippen LogP contribution in [0.3, 0.4) is 0 Å². The molecule has 2 aromatic heterocycles. The fourth-order valence-electron chi connectivity index (χ4n) is 4.09. The van der Waals surface area contributed by atoms with Gasteiger partial charge in [0.15, 0.2) is 0 Å². The smallest absolute Gasteiger partial charge is 0.262 e. The minimum atomic E-state index is -0.111. The monoisotopic (exact) mass is 404 g/mol. The second-order valence-corrected chi connectivity index (χ2v) is 8.74. The van der Waals surface area contributed by atoms with E-state index in [-0.39, 0.29) is 17.5 Å². The van der Waals surface area contributed by atoms with Crippen molar-refractivity contribution in [1.29, 1.82) is 0 Å². The van der Waals surface area contributed by atoms with Gasteiger partial charge in [-0.3, -0.25) is 19.1 Å². The Hall–Kier alpha value is -1.77. The SMILES string of the molecule is Cc1c(C(=O)NCC(C)N2CCOCC2)sc2nc3n(c(=O)c12)CCCCC3. The highest BCUT2D eigenvalue weighted by Gasteiger charge is 2.23. The van der Waals surface area contributed by atoms with Gasteiger partial charge < -0.3 is 10.1 Å². The van der Waals surface area contributed by atoms with Crippen LogP contribution in [0, 0.1) is 6.92 Å². The molecule has 1 N–H and O–H groups in total. The topological polar surface area (TPSA) is 76.5 Å². The molecule has 8 heteroatoms. The summed E-state index contributed by atoms with van der Waals surface area (Å²) >= 11 is 1.34. The molecular formula is C20H28N4O3S. The van der Waals surface area contributed by atoms with Crippen LogP contribution in [0.25, 0.3) is 10.2 Å². The summed E-state index contributed by atoms with van der Waals surface area (Å²) < 4.78 is 7.21. The molecule has 2 aromatic rings. The number of thiophene rings is 1. The molecule has 1 saturated heterocycles. The Morgan fingerprint density at radius 3 is 2.82 bits per heavy atom. The predicted octanol–water partition coefficient (Wildman–Crippen LogP) is 1.94. The number of nitrogens with zero attached hydrogens (tertiary/aromatic N) is 3. The van der Waals surface area contributed by atoms with E-state index in [0.717, 1.165) is 69.9 Å². The van der Waals surface area contributed by atoms with Gasteiger partial charge in [-0.1, -0.05) is 6.42 Å². The zero-order chi connectivity index (χ0) is 19.7. The third-order valence-corrected chi connectivity index (χ3v) is 7.03. The third kappa shape index (κ3) is 3.73. The third-order valence-electron chi connectivity index (χ3n) is 5.84. The first kappa shape index (κ1) is 19.5. The van der Waals surface area contributed by atoms with E-state index in [1.165, 1.54) is 11.3 Å². The maximum absolute atomic E-state index is 13.0. The van der Waals surface area contributed by atoms with Crippen LogP contribution >= 0.6 is 11.3 Å². The molecule has 7 nitrogen and oxygen atoms in total. The van der Waals surface area contributed by atoms with Crippen LogP contribution in [0.1, 0.15) is 47.2 Å². The van der Waals surface area contributed by atoms with Crippen LogP contribution in [-0.4, -0.2) is 59.2 Å². The molecule has 0 aliphatic carbocycles. The number of aromatic nitrogens is 2. The lowest BCUT2D eigenvalue weighted by atomic mass is 10.2. The van der Waals surface area contributed by atoms with Crippen molar-refractivity contribution in [2.45, 2.75) is 52.1 Å². The van der Waals surface area contributed by atoms with Gasteiger partial charge in [0.2, 0.25) is 0 Å². The van der Waals surface area contributed by atoms with E-state index >= 15 is 0 Å². The van der Waals surface area contributed by atoms with Gasteiger partial charge in [-0.2, -0.15) is 0 Å². The van der Waals surface area contributed by atoms with Gasteiger partial charge in [0.1, 0.15) is 10.7 Å². The highest BCUT2D eigenvalue weighted by molar-refractivity contribution is 7.20. The van der Waals surface area contributed by atoms with E-state index in [0.29, 0.717) is 21.6 Å². The summed E-state index contributed by atoms with van der Waals surface area (Å²) in [6.45, 7) is 8.57. The fourth-order valence-corrected chi connectivity index (χ4v) is 5.20. The molecule has 1 amide bonds. The van der Waals surface area contributed by atoms with Gasteiger partial charge in [0.05, 0.1) is 23.5 Å². The highest BCUT2D eigenvalue weighted by atomic mass is 32.1. The lowest BCUT2D eigenvalue weighted by Crippen LogP contribution is -2.47. The number of nitrogens with one attached hydrogen (secondary N) is 1. The van der Waals surface area contributed by atoms with Crippen LogP contribution in [0.2, 0.25) is 0 Å². The maximum atomic E-state index is 13.0. The molecule has 1 unspecified atom stereocenters. The van der Waals surface area contributed by atoms with E-state index in [1.54, 1.807) is 0 Å². The van der Waals surface area contributed by atoms with Crippen molar-refractivity contribution in [3.8, 4) is 0 Å². The molecule has 1 atom stereocenters. The van der Waals surface area contributed by atoms with E-state index in [4.69, 9.17) is 9.72 Å². The summed E-state index contributed by atoms with van der Waals surface area (Å²) in [7, 11) is 0. The molecule has 0 spiro atoms. The van der Waals surface area contributed by atoms with Crippen LogP contribution in [0.15, 0.2) is 4.79 Å². The normalized spacial score (nSPS) is 19.2. The quantitative estimate of drug-likeness (QED) is 0.843. The largest absolute Gasteiger partial charge is 0.379 e. The van der Waals surface area contributed by atoms with E-state index in [1.807, 2.05) is 11.5 Å². The van der Waals surface area contributed by atoms with Gasteiger partial charge in [-0.15, -0.1) is 11.3 Å². The molecule has 2 aliphatic heterocycles. The summed E-state index contributed by atoms with van der Waals surface area (Å²) in [5, 5.41) is 3.66. The second-order valence-electron chi connectivity index (χ2n) is 7.74. The Labute approximate surface area is 168 Å². The number of hydrogen-bond donors (Lipinski definition) is 1. The van der Waals surface area contributed by atoms with Crippen molar-refractivity contribution in [2.24, 2.45) is 0 Å². The number of fused-ring (bicyclic) bond motifs is 2. The zero-order valence-electron chi connectivity index (χ0n) is 16.6. The molecule has 0 saturated carbocycles. The van der Waals surface area contributed by atoms with Crippen molar-refractivity contribution < 1.29 is 9.53 Å². The molecule has 4 rings (SSSR count).